The Kier molecular flexibility index (Phi) is 14.4. The second-order valence-corrected chi connectivity index (χ2v) is 15.5. The second-order valence-electron chi connectivity index (χ2n) is 15.5. The molecular formula is C44H58F2N4O3. The Balaban J connectivity index is 1.13. The molecule has 2 aliphatic rings. The molecule has 9 heteroatoms. The third-order valence-electron chi connectivity index (χ3n) is 10.7. The van der Waals surface area contributed by atoms with Crippen LogP contribution in [0.15, 0.2) is 60.8 Å². The Bertz CT molecular complexity index is 1780. The van der Waals surface area contributed by atoms with E-state index in [1.165, 1.54) is 75.0 Å². The van der Waals surface area contributed by atoms with E-state index in [4.69, 9.17) is 0 Å². The van der Waals surface area contributed by atoms with Crippen molar-refractivity contribution in [2.24, 2.45) is 0 Å². The van der Waals surface area contributed by atoms with E-state index in [1.54, 1.807) is 0 Å². The number of nitrogens with one attached hydrogen (secondary N) is 2. The first-order valence-electron chi connectivity index (χ1n) is 19.9. The van der Waals surface area contributed by atoms with Crippen molar-refractivity contribution < 1.29 is 23.2 Å². The van der Waals surface area contributed by atoms with Crippen LogP contribution in [0.4, 0.5) is 8.78 Å². The summed E-state index contributed by atoms with van der Waals surface area (Å²) >= 11 is 0. The molecule has 1 unspecified atom stereocenters. The van der Waals surface area contributed by atoms with Crippen LogP contribution in [0.2, 0.25) is 0 Å². The molecule has 1 atom stereocenters. The molecule has 1 fully saturated rings. The summed E-state index contributed by atoms with van der Waals surface area (Å²) in [5.74, 6) is -2.93. The molecule has 0 spiro atoms. The van der Waals surface area contributed by atoms with Gasteiger partial charge in [0.2, 0.25) is 5.91 Å². The van der Waals surface area contributed by atoms with Crippen LogP contribution in [0.5, 0.6) is 0 Å². The third kappa shape index (κ3) is 10.7. The number of hydrogen-bond donors (Lipinski definition) is 2. The molecule has 3 amide bonds. The van der Waals surface area contributed by atoms with Gasteiger partial charge in [0.15, 0.2) is 11.6 Å². The number of fused-ring (bicyclic) bond motifs is 3. The average molecular weight is 729 g/mol. The quantitative estimate of drug-likeness (QED) is 0.101. The van der Waals surface area contributed by atoms with Crippen molar-refractivity contribution in [2.75, 3.05) is 19.6 Å². The molecular weight excluding hydrogens is 671 g/mol. The van der Waals surface area contributed by atoms with Gasteiger partial charge in [-0.05, 0) is 68.4 Å². The molecule has 3 heterocycles. The molecule has 0 radical (unpaired) electrons. The lowest BCUT2D eigenvalue weighted by molar-refractivity contribution is -0.130. The number of nitrogens with zero attached hydrogens (tertiary/aromatic N) is 2. The fraction of sp³-hybridized carbons (Fsp3) is 0.523. The zero-order chi connectivity index (χ0) is 37.8. The number of hydrogen-bond acceptors (Lipinski definition) is 3. The molecule has 0 saturated carbocycles. The van der Waals surface area contributed by atoms with Crippen LogP contribution in [0, 0.1) is 11.6 Å². The Hall–Kier alpha value is -4.27. The van der Waals surface area contributed by atoms with Gasteiger partial charge < -0.3 is 20.1 Å². The van der Waals surface area contributed by atoms with Crippen molar-refractivity contribution in [3.05, 3.63) is 89.3 Å². The average Bonchev–Trinajstić information content (AvgIpc) is 3.75. The number of H-pyrrole nitrogens is 1. The highest BCUT2D eigenvalue weighted by molar-refractivity contribution is 6.21. The molecule has 3 aromatic rings. The summed E-state index contributed by atoms with van der Waals surface area (Å²) in [6.07, 6.45) is 23.1. The lowest BCUT2D eigenvalue weighted by Gasteiger charge is -2.29. The number of carbonyl (C=O) groups is 3. The van der Waals surface area contributed by atoms with E-state index in [2.05, 4.69) is 29.4 Å². The molecule has 1 aromatic heterocycles. The van der Waals surface area contributed by atoms with Crippen molar-refractivity contribution in [3.63, 3.8) is 0 Å². The molecule has 7 nitrogen and oxygen atoms in total. The largest absolute Gasteiger partial charge is 0.354 e. The van der Waals surface area contributed by atoms with Gasteiger partial charge in [0.25, 0.3) is 11.8 Å². The van der Waals surface area contributed by atoms with E-state index in [9.17, 15) is 23.2 Å². The Labute approximate surface area is 314 Å². The van der Waals surface area contributed by atoms with Crippen LogP contribution in [-0.4, -0.2) is 58.2 Å². The van der Waals surface area contributed by atoms with E-state index in [-0.39, 0.29) is 35.5 Å². The first-order valence-corrected chi connectivity index (χ1v) is 19.9. The number of aromatic nitrogens is 1. The van der Waals surface area contributed by atoms with E-state index >= 15 is 0 Å². The van der Waals surface area contributed by atoms with E-state index in [0.29, 0.717) is 31.6 Å². The number of allylic oxidation sites excluding steroid dienone is 2. The van der Waals surface area contributed by atoms with Crippen molar-refractivity contribution >= 4 is 34.2 Å². The van der Waals surface area contributed by atoms with Crippen LogP contribution in [0.25, 0.3) is 16.5 Å². The van der Waals surface area contributed by atoms with Crippen molar-refractivity contribution in [3.8, 4) is 0 Å². The standard InChI is InChI=1S/C44H58F2N4O3/c1-4-5-6-7-8-9-10-11-12-13-14-15-16-17-18-23-39(51)49-27-26-33(29-49)47-42(52)35-30-50(43(53)32-24-25-36(45)37(46)28-32)31-44(2,3)40-34-21-19-20-22-38(34)48-41(35)40/h11-12,19-22,24-25,28,30,33,48H,4-10,13-18,23,26-27,29,31H2,1-3H3,(H,47,52)/b12-11-. The number of rotatable bonds is 18. The highest BCUT2D eigenvalue weighted by Crippen LogP contribution is 2.40. The van der Waals surface area contributed by atoms with Crippen molar-refractivity contribution in [2.45, 2.75) is 129 Å². The van der Waals surface area contributed by atoms with E-state index in [1.807, 2.05) is 43.0 Å². The topological polar surface area (TPSA) is 85.5 Å². The lowest BCUT2D eigenvalue weighted by atomic mass is 9.81. The summed E-state index contributed by atoms with van der Waals surface area (Å²) in [5.41, 5.74) is 2.04. The fourth-order valence-corrected chi connectivity index (χ4v) is 7.79. The zero-order valence-corrected chi connectivity index (χ0v) is 32.0. The number of unbranched alkanes of at least 4 members (excludes halogenated alkanes) is 11. The van der Waals surface area contributed by atoms with Crippen LogP contribution in [0.1, 0.15) is 139 Å². The molecule has 0 aliphatic carbocycles. The summed E-state index contributed by atoms with van der Waals surface area (Å²) < 4.78 is 27.9. The van der Waals surface area contributed by atoms with Gasteiger partial charge in [-0.1, -0.05) is 102 Å². The molecule has 1 saturated heterocycles. The maximum Gasteiger partial charge on any atom is 0.257 e. The minimum Gasteiger partial charge on any atom is -0.354 e. The normalized spacial score (nSPS) is 16.9. The summed E-state index contributed by atoms with van der Waals surface area (Å²) in [6, 6.07) is 10.6. The van der Waals surface area contributed by atoms with Crippen molar-refractivity contribution in [1.82, 2.24) is 20.1 Å². The fourth-order valence-electron chi connectivity index (χ4n) is 7.79. The Morgan fingerprint density at radius 3 is 2.28 bits per heavy atom. The molecule has 0 bridgehead atoms. The summed E-state index contributed by atoms with van der Waals surface area (Å²) in [5, 5.41) is 4.08. The molecule has 5 rings (SSSR count). The van der Waals surface area contributed by atoms with Crippen molar-refractivity contribution in [1.29, 1.82) is 0 Å². The minimum absolute atomic E-state index is 0.0117. The second kappa shape index (κ2) is 19.2. The SMILES string of the molecule is CCCCCCCC/C=C\CCCCCCCC(=O)N1CCC(NC(=O)C2=CN(C(=O)c3ccc(F)c(F)c3)CC(C)(C)c3c2[nH]c2ccccc32)C1. The summed E-state index contributed by atoms with van der Waals surface area (Å²) in [7, 11) is 0. The van der Waals surface area contributed by atoms with Crippen LogP contribution < -0.4 is 5.32 Å². The maximum atomic E-state index is 14.2. The number of halogens is 2. The summed E-state index contributed by atoms with van der Waals surface area (Å²) in [6.45, 7) is 7.48. The predicted molar refractivity (Wildman–Crippen MR) is 209 cm³/mol. The zero-order valence-electron chi connectivity index (χ0n) is 32.0. The molecule has 286 valence electrons. The number of para-hydroxylation sites is 1. The van der Waals surface area contributed by atoms with E-state index in [0.717, 1.165) is 54.3 Å². The van der Waals surface area contributed by atoms with Crippen LogP contribution in [0.3, 0.4) is 0 Å². The summed E-state index contributed by atoms with van der Waals surface area (Å²) in [4.78, 5) is 47.6. The highest BCUT2D eigenvalue weighted by Gasteiger charge is 2.38. The molecule has 2 aromatic carbocycles. The Morgan fingerprint density at radius 1 is 0.887 bits per heavy atom. The van der Waals surface area contributed by atoms with Gasteiger partial charge in [0.05, 0.1) is 11.3 Å². The predicted octanol–water partition coefficient (Wildman–Crippen LogP) is 9.98. The lowest BCUT2D eigenvalue weighted by Crippen LogP contribution is -2.39. The number of amides is 3. The molecule has 2 aliphatic heterocycles. The smallest absolute Gasteiger partial charge is 0.257 e. The van der Waals surface area contributed by atoms with Gasteiger partial charge >= 0.3 is 0 Å². The molecule has 2 N–H and O–H groups in total. The van der Waals surface area contributed by atoms with Crippen LogP contribution in [-0.2, 0) is 15.0 Å². The minimum atomic E-state index is -1.11. The van der Waals surface area contributed by atoms with Gasteiger partial charge in [-0.2, -0.15) is 0 Å². The molecule has 53 heavy (non-hydrogen) atoms. The first-order chi connectivity index (χ1) is 25.6. The number of carbonyl (C=O) groups excluding carboxylic acids is 3. The highest BCUT2D eigenvalue weighted by atomic mass is 19.2. The van der Waals surface area contributed by atoms with E-state index < -0.39 is 23.0 Å². The van der Waals surface area contributed by atoms with Gasteiger partial charge in [0.1, 0.15) is 0 Å². The number of benzene rings is 2. The maximum absolute atomic E-state index is 14.2. The van der Waals surface area contributed by atoms with Gasteiger partial charge in [-0.3, -0.25) is 14.4 Å². The first kappa shape index (κ1) is 39.9. The van der Waals surface area contributed by atoms with Gasteiger partial charge in [-0.25, -0.2) is 8.78 Å². The van der Waals surface area contributed by atoms with Gasteiger partial charge in [-0.15, -0.1) is 0 Å². The monoisotopic (exact) mass is 728 g/mol. The number of aromatic amines is 1. The van der Waals surface area contributed by atoms with Crippen LogP contribution >= 0.6 is 0 Å². The van der Waals surface area contributed by atoms with Gasteiger partial charge in [0, 0.05) is 60.2 Å². The Morgan fingerprint density at radius 2 is 1.57 bits per heavy atom. The number of likely N-dealkylation sites (tertiary alicyclic amines) is 1. The third-order valence-corrected chi connectivity index (χ3v) is 10.7.